The molecule has 7 N–H and O–H groups in total. The monoisotopic (exact) mass is 851 g/mol. The average Bonchev–Trinajstić information content (AvgIpc) is 3.14. The molecule has 0 saturated carbocycles. The van der Waals surface area contributed by atoms with Gasteiger partial charge in [-0.2, -0.15) is 4.31 Å². The molecule has 0 bridgehead atoms. The Kier molecular flexibility index (Phi) is 16.4. The van der Waals surface area contributed by atoms with E-state index in [0.717, 1.165) is 5.56 Å². The Morgan fingerprint density at radius 1 is 0.695 bits per heavy atom. The zero-order valence-corrected chi connectivity index (χ0v) is 31.3. The Hall–Kier alpha value is -7.79. The number of nitrogen functional groups attached to an aromatic ring is 1. The molecule has 0 aliphatic heterocycles. The summed E-state index contributed by atoms with van der Waals surface area (Å²) in [7, 11) is -3.62. The normalized spacial score (nSPS) is 10.7. The molecule has 0 saturated heterocycles. The van der Waals surface area contributed by atoms with Gasteiger partial charge in [-0.1, -0.05) is 17.7 Å². The van der Waals surface area contributed by atoms with Crippen LogP contribution in [0.2, 0.25) is 0 Å². The van der Waals surface area contributed by atoms with Crippen LogP contribution in [0.3, 0.4) is 0 Å². The number of non-ortho nitro benzene ring substituents is 2. The Bertz CT molecular complexity index is 2280. The molecule has 0 atom stereocenters. The van der Waals surface area contributed by atoms with Crippen LogP contribution in [0.15, 0.2) is 58.2 Å². The first-order chi connectivity index (χ1) is 27.4. The lowest BCUT2D eigenvalue weighted by molar-refractivity contribution is -0.404. The van der Waals surface area contributed by atoms with Crippen LogP contribution >= 0.6 is 0 Å². The van der Waals surface area contributed by atoms with Gasteiger partial charge in [0, 0.05) is 24.3 Å². The van der Waals surface area contributed by atoms with Crippen LogP contribution < -0.4 is 17.0 Å². The van der Waals surface area contributed by atoms with E-state index >= 15 is 0 Å². The molecule has 0 spiro atoms. The summed E-state index contributed by atoms with van der Waals surface area (Å²) in [6.07, 6.45) is 1.47. The molecule has 0 unspecified atom stereocenters. The molecule has 1 aromatic heterocycles. The van der Waals surface area contributed by atoms with Crippen LogP contribution in [-0.2, 0) is 16.4 Å². The Labute approximate surface area is 329 Å². The summed E-state index contributed by atoms with van der Waals surface area (Å²) in [4.78, 5) is 74.4. The van der Waals surface area contributed by atoms with Crippen molar-refractivity contribution in [2.24, 2.45) is 5.73 Å². The molecule has 0 fully saturated rings. The van der Waals surface area contributed by atoms with Gasteiger partial charge in [0.25, 0.3) is 28.4 Å². The topological polar surface area (TPSA) is 434 Å². The number of aromatic hydroxyl groups is 2. The number of nitro benzene ring substituents is 6. The third-order valence-electron chi connectivity index (χ3n) is 7.66. The van der Waals surface area contributed by atoms with E-state index in [1.807, 2.05) is 6.92 Å². The maximum atomic E-state index is 13.0. The van der Waals surface area contributed by atoms with Crippen LogP contribution in [0.1, 0.15) is 29.7 Å². The highest BCUT2D eigenvalue weighted by Crippen LogP contribution is 2.40. The maximum absolute atomic E-state index is 13.0. The van der Waals surface area contributed by atoms with E-state index in [-0.39, 0.29) is 16.4 Å². The van der Waals surface area contributed by atoms with E-state index in [1.54, 1.807) is 31.2 Å². The summed E-state index contributed by atoms with van der Waals surface area (Å²) >= 11 is 0. The van der Waals surface area contributed by atoms with E-state index < -0.39 is 85.2 Å². The number of H-pyrrole nitrogens is 1. The summed E-state index contributed by atoms with van der Waals surface area (Å²) in [5.74, 6) is -2.34. The minimum Gasteiger partial charge on any atom is -0.497 e. The Morgan fingerprint density at radius 3 is 1.42 bits per heavy atom. The van der Waals surface area contributed by atoms with Crippen LogP contribution in [0.4, 0.5) is 40.1 Å². The standard InChI is InChI=1S/C18H27N5O3S.2C6H3N3O7/c1-13-6-8-15(9-7-13)27(25,26)23(12-4-10-19)11-3-5-16-14(2)21-18(20)22-17(16)24;2*10-6-4(8(13)14)1-3(7(11)12)2-5(6)9(15)16/h6-9H,3-5,10-12,19H2,1-2H3,(H3,20,21,22,24);2*1-2,10H. The summed E-state index contributed by atoms with van der Waals surface area (Å²) < 4.78 is 27.3. The number of hydrogen-bond donors (Lipinski definition) is 5. The number of nitrogens with two attached hydrogens (primary N) is 2. The number of nitrogens with zero attached hydrogens (tertiary/aromatic N) is 8. The first-order valence-electron chi connectivity index (χ1n) is 16.2. The predicted octanol–water partition coefficient (Wildman–Crippen LogP) is 3.17. The fourth-order valence-electron chi connectivity index (χ4n) is 4.78. The molecule has 1 heterocycles. The highest BCUT2D eigenvalue weighted by atomic mass is 32.2. The number of aromatic nitrogens is 2. The number of phenolic OH excluding ortho intramolecular Hbond substituents is 2. The van der Waals surface area contributed by atoms with Gasteiger partial charge in [0.1, 0.15) is 0 Å². The number of hydrogen-bond acceptors (Lipinski definition) is 20. The summed E-state index contributed by atoms with van der Waals surface area (Å²) in [6.45, 7) is 4.65. The molecule has 29 heteroatoms. The zero-order chi connectivity index (χ0) is 44.9. The van der Waals surface area contributed by atoms with Gasteiger partial charge in [-0.25, -0.2) is 13.4 Å². The zero-order valence-electron chi connectivity index (χ0n) is 30.5. The molecule has 316 valence electrons. The average molecular weight is 852 g/mol. The first-order valence-corrected chi connectivity index (χ1v) is 17.6. The van der Waals surface area contributed by atoms with Crippen molar-refractivity contribution in [1.29, 1.82) is 0 Å². The molecule has 28 nitrogen and oxygen atoms in total. The molecule has 0 aliphatic carbocycles. The lowest BCUT2D eigenvalue weighted by Gasteiger charge is -2.22. The highest BCUT2D eigenvalue weighted by Gasteiger charge is 2.31. The second-order valence-electron chi connectivity index (χ2n) is 11.7. The summed E-state index contributed by atoms with van der Waals surface area (Å²) in [6, 6.07) is 8.56. The molecule has 4 rings (SSSR count). The molecule has 59 heavy (non-hydrogen) atoms. The van der Waals surface area contributed by atoms with Crippen molar-refractivity contribution in [2.45, 2.75) is 38.0 Å². The SMILES string of the molecule is Cc1ccc(S(=O)(=O)N(CCCN)CCCc2c(C)nc(N)[nH]c2=O)cc1.O=[N+]([O-])c1cc([N+](=O)[O-])c(O)c([N+](=O)[O-])c1.O=[N+]([O-])c1cc([N+](=O)[O-])c(O)c([N+](=O)[O-])c1. The van der Waals surface area contributed by atoms with Crippen molar-refractivity contribution in [3.8, 4) is 11.5 Å². The van der Waals surface area contributed by atoms with E-state index in [4.69, 9.17) is 21.7 Å². The van der Waals surface area contributed by atoms with Gasteiger partial charge in [-0.3, -0.25) is 70.5 Å². The van der Waals surface area contributed by atoms with Crippen LogP contribution in [0.5, 0.6) is 11.5 Å². The van der Waals surface area contributed by atoms with Crippen molar-refractivity contribution in [3.05, 3.63) is 136 Å². The number of nitrogens with one attached hydrogen (secondary N) is 1. The number of nitro groups is 6. The molecular formula is C30H33N11O17S. The Balaban J connectivity index is 0.000000324. The van der Waals surface area contributed by atoms with E-state index in [9.17, 15) is 73.9 Å². The largest absolute Gasteiger partial charge is 0.497 e. The third-order valence-corrected chi connectivity index (χ3v) is 9.58. The van der Waals surface area contributed by atoms with Gasteiger partial charge < -0.3 is 21.7 Å². The first kappa shape index (κ1) is 47.4. The molecule has 4 aromatic rings. The number of sulfonamides is 1. The minimum atomic E-state index is -3.62. The number of aromatic amines is 1. The lowest BCUT2D eigenvalue weighted by atomic mass is 10.1. The number of benzene rings is 3. The van der Waals surface area contributed by atoms with Gasteiger partial charge in [-0.15, -0.1) is 0 Å². The smallest absolute Gasteiger partial charge is 0.324 e. The van der Waals surface area contributed by atoms with E-state index in [0.29, 0.717) is 74.4 Å². The van der Waals surface area contributed by atoms with Gasteiger partial charge >= 0.3 is 22.7 Å². The molecule has 0 aliphatic rings. The van der Waals surface area contributed by atoms with Crippen LogP contribution in [0.25, 0.3) is 0 Å². The second kappa shape index (κ2) is 20.4. The number of rotatable bonds is 15. The van der Waals surface area contributed by atoms with Crippen molar-refractivity contribution in [1.82, 2.24) is 14.3 Å². The number of phenols is 2. The highest BCUT2D eigenvalue weighted by molar-refractivity contribution is 7.89. The van der Waals surface area contributed by atoms with Crippen LogP contribution in [0, 0.1) is 74.5 Å². The van der Waals surface area contributed by atoms with E-state index in [1.165, 1.54) is 4.31 Å². The molecule has 3 aromatic carbocycles. The summed E-state index contributed by atoms with van der Waals surface area (Å²) in [5, 5.41) is 80.4. The minimum absolute atomic E-state index is 0.0766. The van der Waals surface area contributed by atoms with Gasteiger partial charge in [0.05, 0.1) is 58.7 Å². The summed E-state index contributed by atoms with van der Waals surface area (Å²) in [5.41, 5.74) is 6.88. The van der Waals surface area contributed by atoms with Gasteiger partial charge in [-0.05, 0) is 51.8 Å². The van der Waals surface area contributed by atoms with Gasteiger partial charge in [0.2, 0.25) is 16.0 Å². The predicted molar refractivity (Wildman–Crippen MR) is 202 cm³/mol. The molecule has 0 radical (unpaired) electrons. The lowest BCUT2D eigenvalue weighted by Crippen LogP contribution is -2.34. The fraction of sp³-hybridized carbons (Fsp3) is 0.267. The maximum Gasteiger partial charge on any atom is 0.324 e. The van der Waals surface area contributed by atoms with Crippen molar-refractivity contribution in [3.63, 3.8) is 0 Å². The number of anilines is 1. The van der Waals surface area contributed by atoms with Crippen molar-refractivity contribution < 1.29 is 48.2 Å². The van der Waals surface area contributed by atoms with E-state index in [2.05, 4.69) is 9.97 Å². The molecular weight excluding hydrogens is 818 g/mol. The van der Waals surface area contributed by atoms with Gasteiger partial charge in [0.15, 0.2) is 0 Å². The van der Waals surface area contributed by atoms with Crippen LogP contribution in [-0.4, -0.2) is 82.1 Å². The molecule has 0 amide bonds. The quantitative estimate of drug-likeness (QED) is 0.0846. The fourth-order valence-corrected chi connectivity index (χ4v) is 6.30. The Morgan fingerprint density at radius 2 is 1.08 bits per heavy atom. The van der Waals surface area contributed by atoms with Crippen molar-refractivity contribution in [2.75, 3.05) is 25.4 Å². The number of aryl methyl sites for hydroxylation is 2. The second-order valence-corrected chi connectivity index (χ2v) is 13.6. The third kappa shape index (κ3) is 12.6. The van der Waals surface area contributed by atoms with Crippen molar-refractivity contribution >= 4 is 50.1 Å².